The molecule has 6 heterocycles. The minimum absolute atomic E-state index is 0.0431. The highest BCUT2D eigenvalue weighted by Crippen LogP contribution is 2.68. The summed E-state index contributed by atoms with van der Waals surface area (Å²) in [5.41, 5.74) is -1.98. The lowest BCUT2D eigenvalue weighted by molar-refractivity contribution is -0.228. The predicted octanol–water partition coefficient (Wildman–Crippen LogP) is 4.08. The number of aliphatic hydroxyl groups is 3. The first-order chi connectivity index (χ1) is 30.2. The van der Waals surface area contributed by atoms with Gasteiger partial charge in [0.1, 0.15) is 11.2 Å². The molecule has 0 radical (unpaired) electrons. The average Bonchev–Trinajstić information content (AvgIpc) is 3.94. The molecule has 2 aromatic carbocycles. The average molecular weight is 887 g/mol. The zero-order valence-corrected chi connectivity index (χ0v) is 38.3. The Labute approximate surface area is 373 Å². The fraction of sp³-hybridized carbons (Fsp3) is 0.604. The van der Waals surface area contributed by atoms with Gasteiger partial charge < -0.3 is 44.2 Å². The molecule has 5 aliphatic heterocycles. The van der Waals surface area contributed by atoms with Crippen LogP contribution in [0.4, 0.5) is 5.69 Å². The van der Waals surface area contributed by atoms with Crippen molar-refractivity contribution in [3.05, 3.63) is 64.9 Å². The van der Waals surface area contributed by atoms with Crippen molar-refractivity contribution in [1.29, 1.82) is 0 Å². The smallest absolute Gasteiger partial charge is 0.344 e. The standard InChI is InChI=1S/C48H62N4O10S/c1-8-44(57)24-29-25-47(42(55)60-6,38-31(13-17-51(26-29)27-44)32-21-30(63-20-19-53)11-12-35(32)49-38)34-22-33-36(23-37(34)59-5)50(4)40-46(33)15-18-52-16-10-14-45(9-2,39(46)52)41(62-28(3)54)48(40,58)43(56)61-7/h10-12,14,21-23,29,39-41,49,53,57-58H,8-9,13,15-20,24-27H2,1-7H3/t29-,39+,40?,41-,44+,45-,46-,47+,48+/m1/s1. The van der Waals surface area contributed by atoms with Gasteiger partial charge in [-0.1, -0.05) is 26.0 Å². The van der Waals surface area contributed by atoms with Gasteiger partial charge in [-0.15, -0.1) is 11.8 Å². The summed E-state index contributed by atoms with van der Waals surface area (Å²) in [4.78, 5) is 54.5. The van der Waals surface area contributed by atoms with Gasteiger partial charge in [0.15, 0.2) is 6.10 Å². The molecule has 340 valence electrons. The molecule has 63 heavy (non-hydrogen) atoms. The number of esters is 3. The van der Waals surface area contributed by atoms with Crippen LogP contribution in [-0.4, -0.2) is 151 Å². The normalized spacial score (nSPS) is 35.4. The van der Waals surface area contributed by atoms with E-state index in [1.54, 1.807) is 18.9 Å². The van der Waals surface area contributed by atoms with Crippen LogP contribution in [0, 0.1) is 11.3 Å². The predicted molar refractivity (Wildman–Crippen MR) is 238 cm³/mol. The fourth-order valence-electron chi connectivity index (χ4n) is 13.8. The van der Waals surface area contributed by atoms with Crippen LogP contribution in [0.15, 0.2) is 47.4 Å². The maximum Gasteiger partial charge on any atom is 0.344 e. The van der Waals surface area contributed by atoms with Crippen LogP contribution in [0.25, 0.3) is 10.9 Å². The molecule has 10 atom stereocenters. The molecule has 3 fully saturated rings. The number of carbonyl (C=O) groups excluding carboxylic acids is 3. The van der Waals surface area contributed by atoms with E-state index in [-0.39, 0.29) is 18.6 Å². The van der Waals surface area contributed by atoms with E-state index in [2.05, 4.69) is 26.9 Å². The van der Waals surface area contributed by atoms with E-state index in [1.807, 2.05) is 56.1 Å². The molecule has 1 saturated carbocycles. The summed E-state index contributed by atoms with van der Waals surface area (Å²) < 4.78 is 24.1. The molecular weight excluding hydrogens is 825 g/mol. The van der Waals surface area contributed by atoms with Crippen molar-refractivity contribution in [3.63, 3.8) is 0 Å². The lowest BCUT2D eigenvalue weighted by Gasteiger charge is -2.63. The highest BCUT2D eigenvalue weighted by atomic mass is 32.2. The Kier molecular flexibility index (Phi) is 11.1. The first kappa shape index (κ1) is 44.1. The van der Waals surface area contributed by atoms with Crippen LogP contribution in [0.5, 0.6) is 5.75 Å². The Morgan fingerprint density at radius 2 is 1.75 bits per heavy atom. The zero-order valence-electron chi connectivity index (χ0n) is 37.5. The first-order valence-corrected chi connectivity index (χ1v) is 23.4. The number of piperidine rings is 1. The molecule has 3 aromatic rings. The number of ether oxygens (including phenoxy) is 4. The summed E-state index contributed by atoms with van der Waals surface area (Å²) in [6, 6.07) is 8.95. The van der Waals surface area contributed by atoms with E-state index >= 15 is 4.79 Å². The first-order valence-electron chi connectivity index (χ1n) is 22.4. The van der Waals surface area contributed by atoms with Gasteiger partial charge in [-0.25, -0.2) is 4.79 Å². The van der Waals surface area contributed by atoms with Crippen molar-refractivity contribution < 1.29 is 48.7 Å². The molecule has 14 nitrogen and oxygen atoms in total. The van der Waals surface area contributed by atoms with Crippen molar-refractivity contribution in [2.24, 2.45) is 11.3 Å². The maximum atomic E-state index is 15.5. The Morgan fingerprint density at radius 3 is 2.43 bits per heavy atom. The zero-order chi connectivity index (χ0) is 44.9. The van der Waals surface area contributed by atoms with E-state index in [0.29, 0.717) is 94.0 Å². The molecule has 2 bridgehead atoms. The van der Waals surface area contributed by atoms with Gasteiger partial charge >= 0.3 is 17.9 Å². The number of hydrogen-bond donors (Lipinski definition) is 4. The minimum Gasteiger partial charge on any atom is -0.496 e. The number of aliphatic hydroxyl groups excluding tert-OH is 1. The highest BCUT2D eigenvalue weighted by molar-refractivity contribution is 7.99. The Bertz CT molecular complexity index is 2370. The molecule has 9 rings (SSSR count). The molecule has 0 amide bonds. The molecule has 2 unspecified atom stereocenters. The SMILES string of the molecule is CC[C@]1(O)C[C@H]2CN(CCc3c([nH]c4ccc(SCCO)cc34)[C@@](C(=O)OC)(c3cc4c(cc3OC)N(C)C3[C@]45CCN4CC=C[C@@](CC)([C@@H](OC(C)=O)[C@]3(O)C(=O)OC)[C@H]45)C2)C1. The lowest BCUT2D eigenvalue weighted by Crippen LogP contribution is -2.81. The number of fused-ring (bicyclic) bond motifs is 6. The van der Waals surface area contributed by atoms with Gasteiger partial charge in [-0.3, -0.25) is 19.4 Å². The van der Waals surface area contributed by atoms with Crippen LogP contribution in [0.3, 0.4) is 0 Å². The number of likely N-dealkylation sites (N-methyl/N-ethyl adjacent to an activating group) is 1. The van der Waals surface area contributed by atoms with Crippen LogP contribution < -0.4 is 9.64 Å². The van der Waals surface area contributed by atoms with Crippen LogP contribution >= 0.6 is 11.8 Å². The largest absolute Gasteiger partial charge is 0.496 e. The molecule has 2 saturated heterocycles. The molecule has 1 spiro atoms. The number of nitrogens with one attached hydrogen (secondary N) is 1. The van der Waals surface area contributed by atoms with Crippen molar-refractivity contribution in [3.8, 4) is 5.75 Å². The molecule has 1 aromatic heterocycles. The summed E-state index contributed by atoms with van der Waals surface area (Å²) in [6.45, 7) is 8.51. The number of aromatic amines is 1. The summed E-state index contributed by atoms with van der Waals surface area (Å²) in [6.07, 6.45) is 5.74. The fourth-order valence-corrected chi connectivity index (χ4v) is 14.5. The van der Waals surface area contributed by atoms with Crippen molar-refractivity contribution >= 4 is 46.3 Å². The number of aromatic nitrogens is 1. The summed E-state index contributed by atoms with van der Waals surface area (Å²) in [5.74, 6) is -1.13. The Morgan fingerprint density at radius 1 is 0.968 bits per heavy atom. The summed E-state index contributed by atoms with van der Waals surface area (Å²) in [7, 11) is 6.12. The molecule has 1 aliphatic carbocycles. The van der Waals surface area contributed by atoms with Gasteiger partial charge in [0.2, 0.25) is 5.60 Å². The number of benzene rings is 2. The number of carbonyl (C=O) groups is 3. The number of methoxy groups -OCH3 is 3. The number of nitrogens with zero attached hydrogens (tertiary/aromatic N) is 3. The number of hydrogen-bond acceptors (Lipinski definition) is 14. The van der Waals surface area contributed by atoms with Crippen LogP contribution in [0.1, 0.15) is 75.3 Å². The van der Waals surface area contributed by atoms with Crippen molar-refractivity contribution in [2.45, 2.75) is 104 Å². The monoisotopic (exact) mass is 886 g/mol. The van der Waals surface area contributed by atoms with Crippen LogP contribution in [-0.2, 0) is 45.8 Å². The third-order valence-corrected chi connectivity index (χ3v) is 17.0. The summed E-state index contributed by atoms with van der Waals surface area (Å²) >= 11 is 1.57. The van der Waals surface area contributed by atoms with E-state index in [1.165, 1.54) is 21.1 Å². The van der Waals surface area contributed by atoms with E-state index in [0.717, 1.165) is 32.6 Å². The third kappa shape index (κ3) is 6.12. The quantitative estimate of drug-likeness (QED) is 0.0993. The molecule has 4 N–H and O–H groups in total. The number of rotatable bonds is 10. The second-order valence-electron chi connectivity index (χ2n) is 18.9. The van der Waals surface area contributed by atoms with Gasteiger partial charge in [0, 0.05) is 102 Å². The third-order valence-electron chi connectivity index (χ3n) is 16.0. The second-order valence-corrected chi connectivity index (χ2v) is 20.1. The molecule has 6 aliphatic rings. The van der Waals surface area contributed by atoms with Gasteiger partial charge in [0.25, 0.3) is 0 Å². The maximum absolute atomic E-state index is 15.5. The topological polar surface area (TPSA) is 174 Å². The van der Waals surface area contributed by atoms with Crippen molar-refractivity contribution in [1.82, 2.24) is 14.8 Å². The van der Waals surface area contributed by atoms with Gasteiger partial charge in [-0.2, -0.15) is 0 Å². The van der Waals surface area contributed by atoms with E-state index in [9.17, 15) is 24.9 Å². The highest BCUT2D eigenvalue weighted by Gasteiger charge is 2.80. The number of thioether (sulfide) groups is 1. The Hall–Kier alpha value is -4.12. The van der Waals surface area contributed by atoms with E-state index in [4.69, 9.17) is 18.9 Å². The minimum atomic E-state index is -2.32. The molecule has 15 heteroatoms. The summed E-state index contributed by atoms with van der Waals surface area (Å²) in [5, 5.41) is 36.1. The van der Waals surface area contributed by atoms with Crippen LogP contribution in [0.2, 0.25) is 0 Å². The number of anilines is 1. The van der Waals surface area contributed by atoms with Gasteiger partial charge in [-0.05, 0) is 86.4 Å². The van der Waals surface area contributed by atoms with Gasteiger partial charge in [0.05, 0.1) is 39.6 Å². The molecular formula is C48H62N4O10S. The van der Waals surface area contributed by atoms with Crippen molar-refractivity contribution in [2.75, 3.05) is 78.4 Å². The Balaban J connectivity index is 1.36. The number of H-pyrrole nitrogens is 1. The van der Waals surface area contributed by atoms with E-state index < -0.39 is 57.5 Å². The lowest BCUT2D eigenvalue weighted by atomic mass is 9.47. The second kappa shape index (κ2) is 15.8.